The molecular formula is C15H17ClN2O2. The van der Waals surface area contributed by atoms with Crippen molar-refractivity contribution in [3.63, 3.8) is 0 Å². The molecule has 0 unspecified atom stereocenters. The number of nitrogens with zero attached hydrogens (tertiary/aromatic N) is 1. The van der Waals surface area contributed by atoms with Crippen molar-refractivity contribution in [3.05, 3.63) is 42.1 Å². The summed E-state index contributed by atoms with van der Waals surface area (Å²) in [7, 11) is 1.61. The summed E-state index contributed by atoms with van der Waals surface area (Å²) in [5.74, 6) is 2.69. The van der Waals surface area contributed by atoms with Crippen molar-refractivity contribution in [2.24, 2.45) is 0 Å². The Hall–Kier alpha value is -1.94. The van der Waals surface area contributed by atoms with Gasteiger partial charge < -0.3 is 14.8 Å². The summed E-state index contributed by atoms with van der Waals surface area (Å²) in [5.41, 5.74) is 1.87. The van der Waals surface area contributed by atoms with E-state index in [0.29, 0.717) is 12.5 Å². The van der Waals surface area contributed by atoms with Crippen molar-refractivity contribution in [2.45, 2.75) is 12.8 Å². The minimum Gasteiger partial charge on any atom is -0.495 e. The van der Waals surface area contributed by atoms with Gasteiger partial charge >= 0.3 is 0 Å². The number of benzene rings is 1. The topological polar surface area (TPSA) is 43.4 Å². The average molecular weight is 293 g/mol. The minimum atomic E-state index is 0.404. The van der Waals surface area contributed by atoms with Gasteiger partial charge in [-0.2, -0.15) is 0 Å². The molecule has 0 saturated heterocycles. The molecular weight excluding hydrogens is 276 g/mol. The van der Waals surface area contributed by atoms with Crippen LogP contribution in [0.3, 0.4) is 0 Å². The second kappa shape index (κ2) is 7.01. The highest BCUT2D eigenvalue weighted by molar-refractivity contribution is 6.17. The minimum absolute atomic E-state index is 0.404. The van der Waals surface area contributed by atoms with Gasteiger partial charge in [-0.1, -0.05) is 0 Å². The first-order valence-electron chi connectivity index (χ1n) is 6.35. The van der Waals surface area contributed by atoms with E-state index < -0.39 is 0 Å². The Morgan fingerprint density at radius 3 is 2.70 bits per heavy atom. The molecule has 0 aliphatic carbocycles. The predicted octanol–water partition coefficient (Wildman–Crippen LogP) is 3.97. The van der Waals surface area contributed by atoms with Crippen LogP contribution in [0.2, 0.25) is 0 Å². The number of hydrogen-bond donors (Lipinski definition) is 1. The highest BCUT2D eigenvalue weighted by Gasteiger charge is 2.05. The molecule has 0 radical (unpaired) electrons. The molecule has 2 aromatic rings. The van der Waals surface area contributed by atoms with Crippen LogP contribution < -0.4 is 14.8 Å². The Labute approximate surface area is 123 Å². The maximum Gasteiger partial charge on any atom is 0.137 e. The molecule has 1 heterocycles. The van der Waals surface area contributed by atoms with Gasteiger partial charge in [0, 0.05) is 11.3 Å². The van der Waals surface area contributed by atoms with Gasteiger partial charge in [0.15, 0.2) is 0 Å². The highest BCUT2D eigenvalue weighted by atomic mass is 35.5. The van der Waals surface area contributed by atoms with Crippen molar-refractivity contribution in [1.29, 1.82) is 0 Å². The van der Waals surface area contributed by atoms with Gasteiger partial charge in [0.25, 0.3) is 0 Å². The summed E-state index contributed by atoms with van der Waals surface area (Å²) in [5, 5.41) is 3.22. The van der Waals surface area contributed by atoms with E-state index in [1.165, 1.54) is 0 Å². The molecule has 1 N–H and O–H groups in total. The third-order valence-corrected chi connectivity index (χ3v) is 3.04. The molecule has 1 aromatic carbocycles. The summed E-state index contributed by atoms with van der Waals surface area (Å²) in [4.78, 5) is 4.26. The van der Waals surface area contributed by atoms with Crippen LogP contribution in [0.25, 0.3) is 0 Å². The van der Waals surface area contributed by atoms with Crippen molar-refractivity contribution in [2.75, 3.05) is 19.0 Å². The zero-order chi connectivity index (χ0) is 14.4. The Bertz CT molecular complexity index is 558. The van der Waals surface area contributed by atoms with Crippen molar-refractivity contribution in [1.82, 2.24) is 4.98 Å². The number of pyridine rings is 1. The Balaban J connectivity index is 2.16. The number of nitrogens with one attached hydrogen (secondary N) is 1. The summed E-state index contributed by atoms with van der Waals surface area (Å²) in [6.45, 7) is 2.57. The molecule has 4 nitrogen and oxygen atoms in total. The average Bonchev–Trinajstić information content (AvgIpc) is 2.50. The lowest BCUT2D eigenvalue weighted by Crippen LogP contribution is -1.98. The first-order chi connectivity index (χ1) is 9.76. The molecule has 5 heteroatoms. The number of ether oxygens (including phenoxy) is 2. The quantitative estimate of drug-likeness (QED) is 0.818. The SMILES string of the molecule is CCOc1ccc(Nc2ccc(OC)cn2)cc1CCl. The van der Waals surface area contributed by atoms with Crippen LogP contribution in [0.15, 0.2) is 36.5 Å². The number of halogens is 1. The molecule has 0 aliphatic rings. The van der Waals surface area contributed by atoms with E-state index in [2.05, 4.69) is 10.3 Å². The maximum absolute atomic E-state index is 5.94. The standard InChI is InChI=1S/C15H17ClN2O2/c1-3-20-14-6-4-12(8-11(14)9-16)18-15-7-5-13(19-2)10-17-15/h4-8,10H,3,9H2,1-2H3,(H,17,18). The first kappa shape index (κ1) is 14.5. The molecule has 0 spiro atoms. The van der Waals surface area contributed by atoms with E-state index in [-0.39, 0.29) is 0 Å². The largest absolute Gasteiger partial charge is 0.495 e. The maximum atomic E-state index is 5.94. The highest BCUT2D eigenvalue weighted by Crippen LogP contribution is 2.26. The number of anilines is 2. The van der Waals surface area contributed by atoms with E-state index >= 15 is 0 Å². The Morgan fingerprint density at radius 2 is 2.10 bits per heavy atom. The van der Waals surface area contributed by atoms with Gasteiger partial charge in [-0.25, -0.2) is 4.98 Å². The van der Waals surface area contributed by atoms with Gasteiger partial charge in [0.1, 0.15) is 17.3 Å². The monoisotopic (exact) mass is 292 g/mol. The van der Waals surface area contributed by atoms with Crippen LogP contribution in [-0.4, -0.2) is 18.7 Å². The molecule has 0 bridgehead atoms. The molecule has 0 fully saturated rings. The fraction of sp³-hybridized carbons (Fsp3) is 0.267. The third-order valence-electron chi connectivity index (χ3n) is 2.75. The van der Waals surface area contributed by atoms with E-state index in [4.69, 9.17) is 21.1 Å². The predicted molar refractivity (Wildman–Crippen MR) is 81.2 cm³/mol. The molecule has 0 atom stereocenters. The lowest BCUT2D eigenvalue weighted by Gasteiger charge is -2.11. The third kappa shape index (κ3) is 3.54. The van der Waals surface area contributed by atoms with E-state index in [1.807, 2.05) is 37.3 Å². The zero-order valence-electron chi connectivity index (χ0n) is 11.5. The van der Waals surface area contributed by atoms with Crippen LogP contribution in [0.1, 0.15) is 12.5 Å². The molecule has 0 amide bonds. The van der Waals surface area contributed by atoms with Crippen LogP contribution in [0, 0.1) is 0 Å². The van der Waals surface area contributed by atoms with Crippen molar-refractivity contribution < 1.29 is 9.47 Å². The molecule has 1 aromatic heterocycles. The zero-order valence-corrected chi connectivity index (χ0v) is 12.3. The van der Waals surface area contributed by atoms with Gasteiger partial charge in [-0.05, 0) is 37.3 Å². The smallest absolute Gasteiger partial charge is 0.137 e. The molecule has 2 rings (SSSR count). The van der Waals surface area contributed by atoms with Gasteiger partial charge in [0.05, 0.1) is 25.8 Å². The molecule has 20 heavy (non-hydrogen) atoms. The number of rotatable bonds is 6. The summed E-state index contributed by atoms with van der Waals surface area (Å²) < 4.78 is 10.6. The second-order valence-corrected chi connectivity index (χ2v) is 4.36. The van der Waals surface area contributed by atoms with Crippen LogP contribution in [0.4, 0.5) is 11.5 Å². The number of alkyl halides is 1. The normalized spacial score (nSPS) is 10.2. The number of methoxy groups -OCH3 is 1. The van der Waals surface area contributed by atoms with Crippen LogP contribution in [-0.2, 0) is 5.88 Å². The van der Waals surface area contributed by atoms with Gasteiger partial charge in [0.2, 0.25) is 0 Å². The fourth-order valence-electron chi connectivity index (χ4n) is 1.78. The van der Waals surface area contributed by atoms with Gasteiger partial charge in [-0.3, -0.25) is 0 Å². The summed E-state index contributed by atoms with van der Waals surface area (Å²) in [6.07, 6.45) is 1.67. The van der Waals surface area contributed by atoms with E-state index in [0.717, 1.165) is 28.6 Å². The number of aromatic nitrogens is 1. The molecule has 0 saturated carbocycles. The first-order valence-corrected chi connectivity index (χ1v) is 6.89. The van der Waals surface area contributed by atoms with Gasteiger partial charge in [-0.15, -0.1) is 11.6 Å². The summed E-state index contributed by atoms with van der Waals surface area (Å²) in [6, 6.07) is 9.52. The summed E-state index contributed by atoms with van der Waals surface area (Å²) >= 11 is 5.94. The van der Waals surface area contributed by atoms with E-state index in [1.54, 1.807) is 13.3 Å². The fourth-order valence-corrected chi connectivity index (χ4v) is 1.99. The molecule has 0 aliphatic heterocycles. The Kier molecular flexibility index (Phi) is 5.07. The van der Waals surface area contributed by atoms with Crippen molar-refractivity contribution >= 4 is 23.1 Å². The lowest BCUT2D eigenvalue weighted by molar-refractivity contribution is 0.337. The van der Waals surface area contributed by atoms with Crippen molar-refractivity contribution in [3.8, 4) is 11.5 Å². The van der Waals surface area contributed by atoms with Crippen LogP contribution >= 0.6 is 11.6 Å². The molecule has 106 valence electrons. The second-order valence-electron chi connectivity index (χ2n) is 4.10. The number of hydrogen-bond acceptors (Lipinski definition) is 4. The van der Waals surface area contributed by atoms with E-state index in [9.17, 15) is 0 Å². The lowest BCUT2D eigenvalue weighted by atomic mass is 10.2. The Morgan fingerprint density at radius 1 is 1.25 bits per heavy atom. The van der Waals surface area contributed by atoms with Crippen LogP contribution in [0.5, 0.6) is 11.5 Å².